The van der Waals surface area contributed by atoms with Crippen LogP contribution in [-0.4, -0.2) is 5.91 Å². The second-order valence-electron chi connectivity index (χ2n) is 4.40. The topological polar surface area (TPSA) is 29.1 Å². The molecule has 0 radical (unpaired) electrons. The summed E-state index contributed by atoms with van der Waals surface area (Å²) in [5.74, 6) is -0.148. The number of benzene rings is 2. The number of nitrogens with one attached hydrogen (secondary N) is 1. The predicted molar refractivity (Wildman–Crippen MR) is 83.0 cm³/mol. The average Bonchev–Trinajstić information content (AvgIpc) is 2.35. The summed E-state index contributed by atoms with van der Waals surface area (Å²) in [6.07, 6.45) is 0. The molecular formula is C15H13BrClNO. The molecule has 0 atom stereocenters. The maximum absolute atomic E-state index is 12.2. The monoisotopic (exact) mass is 337 g/mol. The van der Waals surface area contributed by atoms with Crippen molar-refractivity contribution in [2.45, 2.75) is 13.8 Å². The Balaban J connectivity index is 2.28. The van der Waals surface area contributed by atoms with Gasteiger partial charge >= 0.3 is 0 Å². The van der Waals surface area contributed by atoms with E-state index in [2.05, 4.69) is 21.2 Å². The molecule has 2 rings (SSSR count). The lowest BCUT2D eigenvalue weighted by Crippen LogP contribution is -2.13. The van der Waals surface area contributed by atoms with Crippen LogP contribution in [0.5, 0.6) is 0 Å². The summed E-state index contributed by atoms with van der Waals surface area (Å²) in [5.41, 5.74) is 3.27. The molecule has 0 aliphatic rings. The Labute approximate surface area is 125 Å². The van der Waals surface area contributed by atoms with Crippen molar-refractivity contribution in [2.24, 2.45) is 0 Å². The molecule has 0 saturated heterocycles. The van der Waals surface area contributed by atoms with Gasteiger partial charge in [0, 0.05) is 10.0 Å². The lowest BCUT2D eigenvalue weighted by Gasteiger charge is -2.10. The Morgan fingerprint density at radius 3 is 2.58 bits per heavy atom. The van der Waals surface area contributed by atoms with Crippen molar-refractivity contribution in [3.63, 3.8) is 0 Å². The fraction of sp³-hybridized carbons (Fsp3) is 0.133. The van der Waals surface area contributed by atoms with E-state index in [0.29, 0.717) is 16.3 Å². The van der Waals surface area contributed by atoms with Crippen molar-refractivity contribution in [1.82, 2.24) is 0 Å². The third kappa shape index (κ3) is 3.37. The smallest absolute Gasteiger partial charge is 0.255 e. The first-order valence-corrected chi connectivity index (χ1v) is 6.98. The predicted octanol–water partition coefficient (Wildman–Crippen LogP) is 4.97. The maximum atomic E-state index is 12.2. The number of anilines is 1. The lowest BCUT2D eigenvalue weighted by atomic mass is 10.1. The third-order valence-electron chi connectivity index (χ3n) is 2.82. The molecule has 98 valence electrons. The number of carbonyl (C=O) groups is 1. The van der Waals surface area contributed by atoms with Gasteiger partial charge in [0.25, 0.3) is 5.91 Å². The van der Waals surface area contributed by atoms with Crippen LogP contribution in [0.3, 0.4) is 0 Å². The highest BCUT2D eigenvalue weighted by Crippen LogP contribution is 2.26. The van der Waals surface area contributed by atoms with Gasteiger partial charge in [-0.2, -0.15) is 0 Å². The van der Waals surface area contributed by atoms with Crippen LogP contribution in [0.15, 0.2) is 40.9 Å². The van der Waals surface area contributed by atoms with Gasteiger partial charge in [0.15, 0.2) is 0 Å². The van der Waals surface area contributed by atoms with Crippen molar-refractivity contribution < 1.29 is 4.79 Å². The van der Waals surface area contributed by atoms with E-state index in [1.165, 1.54) is 0 Å². The van der Waals surface area contributed by atoms with E-state index in [1.54, 1.807) is 12.1 Å². The standard InChI is InChI=1S/C15H13BrClNO/c1-9-3-4-10(2)12(7-9)15(19)18-14-6-5-11(16)8-13(14)17/h3-8H,1-2H3,(H,18,19). The molecule has 1 N–H and O–H groups in total. The molecule has 0 aliphatic carbocycles. The van der Waals surface area contributed by atoms with Crippen molar-refractivity contribution in [2.75, 3.05) is 5.32 Å². The van der Waals surface area contributed by atoms with Crippen LogP contribution in [0.2, 0.25) is 5.02 Å². The van der Waals surface area contributed by atoms with E-state index in [1.807, 2.05) is 38.1 Å². The molecule has 2 aromatic carbocycles. The number of hydrogen-bond donors (Lipinski definition) is 1. The molecule has 4 heteroatoms. The number of halogens is 2. The Morgan fingerprint density at radius 1 is 1.16 bits per heavy atom. The highest BCUT2D eigenvalue weighted by atomic mass is 79.9. The molecule has 19 heavy (non-hydrogen) atoms. The highest BCUT2D eigenvalue weighted by Gasteiger charge is 2.11. The fourth-order valence-corrected chi connectivity index (χ4v) is 2.48. The third-order valence-corrected chi connectivity index (χ3v) is 3.62. The summed E-state index contributed by atoms with van der Waals surface area (Å²) in [4.78, 5) is 12.2. The molecule has 0 heterocycles. The molecule has 0 bridgehead atoms. The fourth-order valence-electron chi connectivity index (χ4n) is 1.76. The van der Waals surface area contributed by atoms with Gasteiger partial charge in [-0.15, -0.1) is 0 Å². The number of aryl methyl sites for hydroxylation is 2. The Hall–Kier alpha value is -1.32. The second-order valence-corrected chi connectivity index (χ2v) is 5.72. The zero-order valence-corrected chi connectivity index (χ0v) is 13.0. The van der Waals surface area contributed by atoms with E-state index >= 15 is 0 Å². The maximum Gasteiger partial charge on any atom is 0.255 e. The Morgan fingerprint density at radius 2 is 1.89 bits per heavy atom. The minimum absolute atomic E-state index is 0.148. The lowest BCUT2D eigenvalue weighted by molar-refractivity contribution is 0.102. The highest BCUT2D eigenvalue weighted by molar-refractivity contribution is 9.10. The van der Waals surface area contributed by atoms with Gasteiger partial charge < -0.3 is 5.32 Å². The van der Waals surface area contributed by atoms with Gasteiger partial charge in [-0.25, -0.2) is 0 Å². The molecule has 1 amide bonds. The summed E-state index contributed by atoms with van der Waals surface area (Å²) in [5, 5.41) is 3.34. The summed E-state index contributed by atoms with van der Waals surface area (Å²) in [6.45, 7) is 3.88. The van der Waals surface area contributed by atoms with E-state index in [-0.39, 0.29) is 5.91 Å². The van der Waals surface area contributed by atoms with Crippen LogP contribution < -0.4 is 5.32 Å². The van der Waals surface area contributed by atoms with Gasteiger partial charge in [-0.1, -0.05) is 45.2 Å². The minimum atomic E-state index is -0.148. The van der Waals surface area contributed by atoms with Crippen LogP contribution >= 0.6 is 27.5 Å². The Bertz CT molecular complexity index is 640. The molecule has 2 aromatic rings. The first-order chi connectivity index (χ1) is 8.97. The number of carbonyl (C=O) groups excluding carboxylic acids is 1. The molecule has 0 spiro atoms. The SMILES string of the molecule is Cc1ccc(C)c(C(=O)Nc2ccc(Br)cc2Cl)c1. The normalized spacial score (nSPS) is 10.3. The van der Waals surface area contributed by atoms with Crippen molar-refractivity contribution in [1.29, 1.82) is 0 Å². The minimum Gasteiger partial charge on any atom is -0.321 e. The molecule has 2 nitrogen and oxygen atoms in total. The Kier molecular flexibility index (Phi) is 4.27. The first-order valence-electron chi connectivity index (χ1n) is 5.81. The molecule has 0 aliphatic heterocycles. The van der Waals surface area contributed by atoms with Gasteiger partial charge in [-0.3, -0.25) is 4.79 Å². The van der Waals surface area contributed by atoms with Gasteiger partial charge in [0.1, 0.15) is 0 Å². The van der Waals surface area contributed by atoms with E-state index in [0.717, 1.165) is 15.6 Å². The molecule has 0 fully saturated rings. The van der Waals surface area contributed by atoms with Gasteiger partial charge in [0.05, 0.1) is 10.7 Å². The van der Waals surface area contributed by atoms with Gasteiger partial charge in [0.2, 0.25) is 0 Å². The van der Waals surface area contributed by atoms with E-state index in [9.17, 15) is 4.79 Å². The summed E-state index contributed by atoms with van der Waals surface area (Å²) < 4.78 is 0.877. The summed E-state index contributed by atoms with van der Waals surface area (Å²) >= 11 is 9.42. The van der Waals surface area contributed by atoms with Crippen LogP contribution in [0.25, 0.3) is 0 Å². The van der Waals surface area contributed by atoms with E-state index in [4.69, 9.17) is 11.6 Å². The largest absolute Gasteiger partial charge is 0.321 e. The van der Waals surface area contributed by atoms with Crippen LogP contribution in [0.1, 0.15) is 21.5 Å². The van der Waals surface area contributed by atoms with Crippen LogP contribution in [0, 0.1) is 13.8 Å². The molecule has 0 unspecified atom stereocenters. The number of rotatable bonds is 2. The van der Waals surface area contributed by atoms with Crippen molar-refractivity contribution >= 4 is 39.1 Å². The molecule has 0 saturated carbocycles. The number of hydrogen-bond acceptors (Lipinski definition) is 1. The molecule has 0 aromatic heterocycles. The second kappa shape index (κ2) is 5.76. The van der Waals surface area contributed by atoms with Crippen LogP contribution in [-0.2, 0) is 0 Å². The van der Waals surface area contributed by atoms with Crippen molar-refractivity contribution in [3.8, 4) is 0 Å². The van der Waals surface area contributed by atoms with Gasteiger partial charge in [-0.05, 0) is 43.7 Å². The first kappa shape index (κ1) is 14.1. The van der Waals surface area contributed by atoms with Crippen LogP contribution in [0.4, 0.5) is 5.69 Å². The summed E-state index contributed by atoms with van der Waals surface area (Å²) in [6, 6.07) is 11.2. The molecular weight excluding hydrogens is 326 g/mol. The summed E-state index contributed by atoms with van der Waals surface area (Å²) in [7, 11) is 0. The van der Waals surface area contributed by atoms with E-state index < -0.39 is 0 Å². The zero-order valence-electron chi connectivity index (χ0n) is 10.6. The zero-order chi connectivity index (χ0) is 14.0. The average molecular weight is 339 g/mol. The van der Waals surface area contributed by atoms with Crippen molar-refractivity contribution in [3.05, 3.63) is 62.6 Å². The quantitative estimate of drug-likeness (QED) is 0.823. The number of amides is 1.